The van der Waals surface area contributed by atoms with Gasteiger partial charge in [0.25, 0.3) is 10.0 Å². The number of aromatic nitrogens is 5. The lowest BCUT2D eigenvalue weighted by atomic mass is 10.2. The maximum Gasteiger partial charge on any atom is 0.252 e. The molecule has 0 saturated heterocycles. The van der Waals surface area contributed by atoms with Gasteiger partial charge in [-0.1, -0.05) is 29.4 Å². The SMILES string of the molecule is CSc1nc2n(Cc3ccc(Cl)nc3)c(C)cc(=NS(C)(=O)=O)n2n1. The number of pyridine rings is 1. The van der Waals surface area contributed by atoms with Crippen LogP contribution < -0.4 is 5.49 Å². The Hall–Kier alpha value is -1.91. The van der Waals surface area contributed by atoms with Gasteiger partial charge in [-0.2, -0.15) is 9.50 Å². The third-order valence-corrected chi connectivity index (χ3v) is 4.64. The van der Waals surface area contributed by atoms with Crippen molar-refractivity contribution in [1.82, 2.24) is 24.1 Å². The molecule has 0 fully saturated rings. The number of hydrogen-bond acceptors (Lipinski definition) is 6. The van der Waals surface area contributed by atoms with Crippen molar-refractivity contribution in [2.45, 2.75) is 18.6 Å². The van der Waals surface area contributed by atoms with Gasteiger partial charge in [-0.3, -0.25) is 0 Å². The van der Waals surface area contributed by atoms with Gasteiger partial charge in [0, 0.05) is 18.0 Å². The molecule has 3 aromatic heterocycles. The van der Waals surface area contributed by atoms with E-state index in [0.717, 1.165) is 17.5 Å². The summed E-state index contributed by atoms with van der Waals surface area (Å²) in [5.41, 5.74) is 1.94. The lowest BCUT2D eigenvalue weighted by molar-refractivity contribution is 0.601. The molecule has 0 bridgehead atoms. The smallest absolute Gasteiger partial charge is 0.252 e. The van der Waals surface area contributed by atoms with Gasteiger partial charge in [0.15, 0.2) is 5.49 Å². The lowest BCUT2D eigenvalue weighted by Crippen LogP contribution is -2.23. The van der Waals surface area contributed by atoms with Crippen LogP contribution in [0.15, 0.2) is 34.0 Å². The predicted octanol–water partition coefficient (Wildman–Crippen LogP) is 1.52. The number of rotatable bonds is 4. The maximum atomic E-state index is 11.6. The molecule has 8 nitrogen and oxygen atoms in total. The van der Waals surface area contributed by atoms with Gasteiger partial charge in [-0.15, -0.1) is 9.50 Å². The maximum absolute atomic E-state index is 11.6. The molecule has 0 aliphatic rings. The first kappa shape index (κ1) is 17.9. The van der Waals surface area contributed by atoms with Gasteiger partial charge in [-0.05, 0) is 24.8 Å². The normalized spacial score (nSPS) is 12.9. The van der Waals surface area contributed by atoms with Crippen molar-refractivity contribution < 1.29 is 8.42 Å². The molecule has 0 saturated carbocycles. The number of thioether (sulfide) groups is 1. The Bertz CT molecular complexity index is 1100. The van der Waals surface area contributed by atoms with Gasteiger partial charge in [-0.25, -0.2) is 13.4 Å². The zero-order valence-electron chi connectivity index (χ0n) is 13.7. The van der Waals surface area contributed by atoms with E-state index in [1.807, 2.05) is 23.8 Å². The zero-order chi connectivity index (χ0) is 18.2. The third kappa shape index (κ3) is 4.02. The van der Waals surface area contributed by atoms with Crippen LogP contribution in [0.25, 0.3) is 5.78 Å². The molecule has 3 heterocycles. The van der Waals surface area contributed by atoms with Crippen molar-refractivity contribution in [2.75, 3.05) is 12.5 Å². The molecular weight excluding hydrogens is 384 g/mol. The van der Waals surface area contributed by atoms with Crippen LogP contribution in [0.3, 0.4) is 0 Å². The molecule has 0 aliphatic carbocycles. The quantitative estimate of drug-likeness (QED) is 0.488. The summed E-state index contributed by atoms with van der Waals surface area (Å²) in [5.74, 6) is 0.502. The highest BCUT2D eigenvalue weighted by Gasteiger charge is 2.13. The fraction of sp³-hybridized carbons (Fsp3) is 0.286. The van der Waals surface area contributed by atoms with Crippen molar-refractivity contribution in [3.63, 3.8) is 0 Å². The monoisotopic (exact) mass is 398 g/mol. The van der Waals surface area contributed by atoms with E-state index in [4.69, 9.17) is 11.6 Å². The molecule has 0 aliphatic heterocycles. The summed E-state index contributed by atoms with van der Waals surface area (Å²) < 4.78 is 30.3. The van der Waals surface area contributed by atoms with Gasteiger partial charge in [0.2, 0.25) is 10.9 Å². The van der Waals surface area contributed by atoms with Crippen molar-refractivity contribution in [1.29, 1.82) is 0 Å². The standard InChI is InChI=1S/C14H15ClN6O2S2/c1-9-6-12(19-25(3,22)23)21-14(17-13(18-21)24-2)20(9)8-10-4-5-11(15)16-7-10/h4-7H,8H2,1-3H3. The molecule has 0 amide bonds. The summed E-state index contributed by atoms with van der Waals surface area (Å²) in [6.45, 7) is 2.35. The Labute approximate surface area is 153 Å². The zero-order valence-corrected chi connectivity index (χ0v) is 16.1. The van der Waals surface area contributed by atoms with Crippen LogP contribution in [0, 0.1) is 6.92 Å². The minimum atomic E-state index is -3.56. The largest absolute Gasteiger partial charge is 0.310 e. The molecule has 25 heavy (non-hydrogen) atoms. The van der Waals surface area contributed by atoms with E-state index in [1.165, 1.54) is 16.3 Å². The highest BCUT2D eigenvalue weighted by molar-refractivity contribution is 7.98. The number of nitrogens with zero attached hydrogens (tertiary/aromatic N) is 6. The molecule has 132 valence electrons. The Morgan fingerprint density at radius 1 is 1.36 bits per heavy atom. The number of aryl methyl sites for hydroxylation is 1. The second kappa shape index (κ2) is 6.77. The number of fused-ring (bicyclic) bond motifs is 1. The van der Waals surface area contributed by atoms with Gasteiger partial charge in [0.05, 0.1) is 12.8 Å². The molecule has 0 unspecified atom stereocenters. The highest BCUT2D eigenvalue weighted by Crippen LogP contribution is 2.14. The van der Waals surface area contributed by atoms with E-state index >= 15 is 0 Å². The van der Waals surface area contributed by atoms with Crippen LogP contribution in [0.2, 0.25) is 5.15 Å². The van der Waals surface area contributed by atoms with Crippen LogP contribution in [0.1, 0.15) is 11.3 Å². The molecule has 3 aromatic rings. The molecule has 3 rings (SSSR count). The molecular formula is C14H15ClN6O2S2. The minimum absolute atomic E-state index is 0.216. The van der Waals surface area contributed by atoms with Crippen molar-refractivity contribution in [3.05, 3.63) is 46.3 Å². The van der Waals surface area contributed by atoms with E-state index in [-0.39, 0.29) is 5.49 Å². The summed E-state index contributed by atoms with van der Waals surface area (Å²) >= 11 is 7.20. The van der Waals surface area contributed by atoms with E-state index in [0.29, 0.717) is 22.6 Å². The van der Waals surface area contributed by atoms with Crippen molar-refractivity contribution in [2.24, 2.45) is 4.40 Å². The van der Waals surface area contributed by atoms with E-state index < -0.39 is 10.0 Å². The molecule has 0 aromatic carbocycles. The first-order chi connectivity index (χ1) is 11.8. The summed E-state index contributed by atoms with van der Waals surface area (Å²) in [6.07, 6.45) is 4.58. The second-order valence-electron chi connectivity index (χ2n) is 5.35. The van der Waals surface area contributed by atoms with Crippen LogP contribution >= 0.6 is 23.4 Å². The summed E-state index contributed by atoms with van der Waals surface area (Å²) in [6, 6.07) is 5.25. The average molecular weight is 399 g/mol. The molecule has 11 heteroatoms. The molecule has 0 atom stereocenters. The van der Waals surface area contributed by atoms with Crippen molar-refractivity contribution >= 4 is 39.2 Å². The summed E-state index contributed by atoms with van der Waals surface area (Å²) in [5, 5.41) is 5.27. The Kier molecular flexibility index (Phi) is 4.85. The summed E-state index contributed by atoms with van der Waals surface area (Å²) in [7, 11) is -3.56. The van der Waals surface area contributed by atoms with Crippen LogP contribution in [0.5, 0.6) is 0 Å². The first-order valence-corrected chi connectivity index (χ1v) is 10.6. The molecule has 0 radical (unpaired) electrons. The minimum Gasteiger partial charge on any atom is -0.310 e. The fourth-order valence-electron chi connectivity index (χ4n) is 2.30. The molecule has 0 N–H and O–H groups in total. The predicted molar refractivity (Wildman–Crippen MR) is 96.3 cm³/mol. The van der Waals surface area contributed by atoms with Gasteiger partial charge < -0.3 is 4.57 Å². The van der Waals surface area contributed by atoms with E-state index in [2.05, 4.69) is 19.5 Å². The first-order valence-electron chi connectivity index (χ1n) is 7.14. The summed E-state index contributed by atoms with van der Waals surface area (Å²) in [4.78, 5) is 8.55. The highest BCUT2D eigenvalue weighted by atomic mass is 35.5. The van der Waals surface area contributed by atoms with Crippen LogP contribution in [-0.4, -0.2) is 45.1 Å². The number of sulfonamides is 1. The lowest BCUT2D eigenvalue weighted by Gasteiger charge is -2.12. The Morgan fingerprint density at radius 2 is 2.12 bits per heavy atom. The fourth-order valence-corrected chi connectivity index (χ4v) is 3.21. The van der Waals surface area contributed by atoms with Gasteiger partial charge in [0.1, 0.15) is 5.15 Å². The average Bonchev–Trinajstić information content (AvgIpc) is 2.96. The van der Waals surface area contributed by atoms with Crippen LogP contribution in [0.4, 0.5) is 0 Å². The van der Waals surface area contributed by atoms with E-state index in [1.54, 1.807) is 18.3 Å². The second-order valence-corrected chi connectivity index (χ2v) is 8.16. The Morgan fingerprint density at radius 3 is 2.72 bits per heavy atom. The number of halogens is 1. The van der Waals surface area contributed by atoms with Gasteiger partial charge >= 0.3 is 0 Å². The van der Waals surface area contributed by atoms with Crippen molar-refractivity contribution in [3.8, 4) is 0 Å². The number of hydrogen-bond donors (Lipinski definition) is 0. The van der Waals surface area contributed by atoms with E-state index in [9.17, 15) is 8.42 Å². The third-order valence-electron chi connectivity index (χ3n) is 3.36. The topological polar surface area (TPSA) is 94.5 Å². The van der Waals surface area contributed by atoms with Crippen LogP contribution in [-0.2, 0) is 16.6 Å². The Balaban J connectivity index is 2.24. The molecule has 0 spiro atoms.